The van der Waals surface area contributed by atoms with Crippen molar-refractivity contribution in [2.24, 2.45) is 0 Å². The van der Waals surface area contributed by atoms with Gasteiger partial charge in [0, 0.05) is 5.97 Å². The first-order valence-corrected chi connectivity index (χ1v) is 3.71. The number of esters is 1. The summed E-state index contributed by atoms with van der Waals surface area (Å²) >= 11 is 0. The molecule has 0 saturated heterocycles. The third-order valence-corrected chi connectivity index (χ3v) is 1.24. The number of aliphatic carboxylic acids is 1. The van der Waals surface area contributed by atoms with Crippen LogP contribution in [-0.4, -0.2) is 41.5 Å². The number of aliphatic hydroxyl groups is 2. The lowest BCUT2D eigenvalue weighted by molar-refractivity contribution is -0.305. The number of carbonyl (C=O) groups is 2. The zero-order valence-electron chi connectivity index (χ0n) is 7.34. The molecule has 0 amide bonds. The molecule has 0 spiro atoms. The summed E-state index contributed by atoms with van der Waals surface area (Å²) in [6, 6.07) is 0. The van der Waals surface area contributed by atoms with Gasteiger partial charge in [-0.3, -0.25) is 4.79 Å². The molecule has 0 rings (SSSR count). The van der Waals surface area contributed by atoms with Gasteiger partial charge in [0.25, 0.3) is 0 Å². The monoisotopic (exact) mass is 207 g/mol. The van der Waals surface area contributed by atoms with E-state index in [-0.39, 0.29) is 11.9 Å². The molecule has 7 heteroatoms. The molecule has 0 aliphatic rings. The maximum absolute atomic E-state index is 10.7. The Morgan fingerprint density at radius 1 is 1.21 bits per heavy atom. The molecular weight excluding hydrogens is 196 g/mol. The average molecular weight is 207 g/mol. The van der Waals surface area contributed by atoms with Gasteiger partial charge in [0.2, 0.25) is 0 Å². The Morgan fingerprint density at radius 3 is 2.07 bits per heavy atom. The van der Waals surface area contributed by atoms with E-state index >= 15 is 0 Å². The highest BCUT2D eigenvalue weighted by molar-refractivity contribution is 5.75. The summed E-state index contributed by atoms with van der Waals surface area (Å²) in [5.74, 6) is -2.13. The van der Waals surface area contributed by atoms with Crippen molar-refractivity contribution < 1.29 is 35.1 Å². The predicted molar refractivity (Wildman–Crippen MR) is 39.0 cm³/mol. The molecule has 0 fully saturated rings. The lowest BCUT2D eigenvalue weighted by Crippen LogP contribution is -2.27. The van der Waals surface area contributed by atoms with Crippen LogP contribution in [0.3, 0.4) is 0 Å². The molecule has 0 bridgehead atoms. The number of hydrogen-bond donors (Lipinski definition) is 2. The van der Waals surface area contributed by atoms with E-state index in [4.69, 9.17) is 10.2 Å². The van der Waals surface area contributed by atoms with Crippen molar-refractivity contribution in [3.05, 3.63) is 0 Å². The second-order valence-corrected chi connectivity index (χ2v) is 2.35. The van der Waals surface area contributed by atoms with Gasteiger partial charge in [0.15, 0.2) is 0 Å². The smallest absolute Gasteiger partial charge is 0.306 e. The van der Waals surface area contributed by atoms with Crippen molar-refractivity contribution >= 4 is 11.9 Å². The molecular formula is C7H11O7-3. The Labute approximate surface area is 80.2 Å². The van der Waals surface area contributed by atoms with Crippen LogP contribution in [0.2, 0.25) is 0 Å². The van der Waals surface area contributed by atoms with Gasteiger partial charge in [0.1, 0.15) is 6.10 Å². The van der Waals surface area contributed by atoms with Crippen LogP contribution in [0.25, 0.3) is 0 Å². The second-order valence-electron chi connectivity index (χ2n) is 2.35. The van der Waals surface area contributed by atoms with Gasteiger partial charge >= 0.3 is 5.97 Å². The van der Waals surface area contributed by atoms with E-state index in [1.807, 2.05) is 0 Å². The molecule has 2 N–H and O–H groups in total. The van der Waals surface area contributed by atoms with Crippen LogP contribution in [0, 0.1) is 0 Å². The fourth-order valence-electron chi connectivity index (χ4n) is 0.581. The second kappa shape index (κ2) is 8.42. The van der Waals surface area contributed by atoms with Crippen molar-refractivity contribution in [3.63, 3.8) is 0 Å². The van der Waals surface area contributed by atoms with Crippen molar-refractivity contribution in [2.75, 3.05) is 13.2 Å². The fourth-order valence-corrected chi connectivity index (χ4v) is 0.581. The SMILES string of the molecule is O=C([O-])CCC(=O)OC(CO)CO.[O-2]. The highest BCUT2D eigenvalue weighted by atomic mass is 16.6. The van der Waals surface area contributed by atoms with Crippen LogP contribution in [-0.2, 0) is 19.8 Å². The minimum absolute atomic E-state index is 0. The number of rotatable bonds is 6. The Hall–Kier alpha value is -1.18. The standard InChI is InChI=1S/C7H12O6.O/c8-3-5(4-9)13-7(12)2-1-6(10)11;/h5,8-9H,1-4H2,(H,10,11);/q;-2/p-1. The highest BCUT2D eigenvalue weighted by Crippen LogP contribution is 1.96. The molecule has 0 unspecified atom stereocenters. The molecule has 0 aliphatic heterocycles. The molecule has 0 atom stereocenters. The van der Waals surface area contributed by atoms with Crippen LogP contribution < -0.4 is 5.11 Å². The molecule has 0 aromatic heterocycles. The molecule has 0 aromatic rings. The Balaban J connectivity index is 0. The Kier molecular flexibility index (Phi) is 9.20. The van der Waals surface area contributed by atoms with Gasteiger partial charge in [-0.25, -0.2) is 0 Å². The van der Waals surface area contributed by atoms with Gasteiger partial charge in [-0.15, -0.1) is 0 Å². The van der Waals surface area contributed by atoms with E-state index < -0.39 is 37.7 Å². The van der Waals surface area contributed by atoms with E-state index in [9.17, 15) is 14.7 Å². The largest absolute Gasteiger partial charge is 2.00 e. The summed E-state index contributed by atoms with van der Waals surface area (Å²) in [4.78, 5) is 20.7. The number of ether oxygens (including phenoxy) is 1. The van der Waals surface area contributed by atoms with Gasteiger partial charge in [-0.1, -0.05) is 0 Å². The highest BCUT2D eigenvalue weighted by Gasteiger charge is 2.11. The number of aliphatic hydroxyl groups excluding tert-OH is 2. The summed E-state index contributed by atoms with van der Waals surface area (Å²) < 4.78 is 4.47. The Morgan fingerprint density at radius 2 is 1.71 bits per heavy atom. The van der Waals surface area contributed by atoms with Crippen LogP contribution in [0.5, 0.6) is 0 Å². The molecule has 84 valence electrons. The van der Waals surface area contributed by atoms with E-state index in [1.54, 1.807) is 0 Å². The van der Waals surface area contributed by atoms with Gasteiger partial charge in [-0.2, -0.15) is 0 Å². The lowest BCUT2D eigenvalue weighted by Gasteiger charge is -2.12. The molecule has 0 radical (unpaired) electrons. The Bertz CT molecular complexity index is 175. The van der Waals surface area contributed by atoms with E-state index in [2.05, 4.69) is 4.74 Å². The summed E-state index contributed by atoms with van der Waals surface area (Å²) in [5, 5.41) is 26.9. The molecule has 0 aliphatic carbocycles. The van der Waals surface area contributed by atoms with Gasteiger partial charge < -0.3 is 30.3 Å². The first-order valence-electron chi connectivity index (χ1n) is 3.71. The third kappa shape index (κ3) is 7.47. The predicted octanol–water partition coefficient (Wildman–Crippen LogP) is -2.71. The summed E-state index contributed by atoms with van der Waals surface area (Å²) in [6.45, 7) is -0.985. The lowest BCUT2D eigenvalue weighted by atomic mass is 10.3. The van der Waals surface area contributed by atoms with Crippen molar-refractivity contribution in [2.45, 2.75) is 18.9 Å². The quantitative estimate of drug-likeness (QED) is 0.454. The molecule has 0 saturated carbocycles. The first kappa shape index (κ1) is 15.3. The minimum Gasteiger partial charge on any atom is -2.00 e. The van der Waals surface area contributed by atoms with E-state index in [0.717, 1.165) is 0 Å². The zero-order valence-corrected chi connectivity index (χ0v) is 7.34. The van der Waals surface area contributed by atoms with Crippen molar-refractivity contribution in [1.29, 1.82) is 0 Å². The van der Waals surface area contributed by atoms with Gasteiger partial charge in [0.05, 0.1) is 19.6 Å². The van der Waals surface area contributed by atoms with Crippen molar-refractivity contribution in [1.82, 2.24) is 0 Å². The van der Waals surface area contributed by atoms with Crippen LogP contribution >= 0.6 is 0 Å². The summed E-state index contributed by atoms with van der Waals surface area (Å²) in [5.41, 5.74) is 0. The minimum atomic E-state index is -1.35. The normalized spacial score (nSPS) is 9.36. The molecule has 0 aromatic carbocycles. The summed E-state index contributed by atoms with van der Waals surface area (Å²) in [6.07, 6.45) is -1.73. The number of carboxylic acids is 1. The fraction of sp³-hybridized carbons (Fsp3) is 0.714. The number of hydrogen-bond acceptors (Lipinski definition) is 6. The van der Waals surface area contributed by atoms with Crippen LogP contribution in [0.1, 0.15) is 12.8 Å². The zero-order chi connectivity index (χ0) is 10.3. The summed E-state index contributed by atoms with van der Waals surface area (Å²) in [7, 11) is 0. The maximum Gasteiger partial charge on any atom is 0.306 e. The topological polar surface area (TPSA) is 135 Å². The molecule has 0 heterocycles. The first-order chi connectivity index (χ1) is 6.10. The van der Waals surface area contributed by atoms with Crippen LogP contribution in [0.15, 0.2) is 0 Å². The molecule has 7 nitrogen and oxygen atoms in total. The molecule has 14 heavy (non-hydrogen) atoms. The number of carboxylic acid groups (broad SMARTS) is 1. The van der Waals surface area contributed by atoms with Crippen LogP contribution in [0.4, 0.5) is 0 Å². The third-order valence-electron chi connectivity index (χ3n) is 1.24. The van der Waals surface area contributed by atoms with Crippen molar-refractivity contribution in [3.8, 4) is 0 Å². The average Bonchev–Trinajstić information content (AvgIpc) is 2.10. The number of carbonyl (C=O) groups excluding carboxylic acids is 2. The van der Waals surface area contributed by atoms with Gasteiger partial charge in [-0.05, 0) is 6.42 Å². The van der Waals surface area contributed by atoms with E-state index in [0.29, 0.717) is 0 Å². The maximum atomic E-state index is 10.7. The van der Waals surface area contributed by atoms with E-state index in [1.165, 1.54) is 0 Å².